The van der Waals surface area contributed by atoms with Gasteiger partial charge in [0.1, 0.15) is 17.2 Å². The molecule has 0 bridgehead atoms. The third-order valence-electron chi connectivity index (χ3n) is 5.73. The first kappa shape index (κ1) is 19.7. The Hall–Kier alpha value is -3.97. The normalized spacial score (nSPS) is 12.5. The van der Waals surface area contributed by atoms with Crippen molar-refractivity contribution >= 4 is 34.0 Å². The fraction of sp³-hybridized carbons (Fsp3) is 0.120. The highest BCUT2D eigenvalue weighted by Crippen LogP contribution is 2.34. The van der Waals surface area contributed by atoms with Crippen LogP contribution in [0.5, 0.6) is 11.5 Å². The SMILES string of the molecule is Cc1ccc2[nH]c(=O)c(-c3nc4ccc(Cl)cn4c3NCc3ccc4c(c3)OCO4)cc2c1. The van der Waals surface area contributed by atoms with E-state index in [0.717, 1.165) is 33.5 Å². The molecule has 0 aliphatic carbocycles. The molecule has 4 heterocycles. The molecule has 3 aromatic heterocycles. The number of halogens is 1. The molecule has 164 valence electrons. The zero-order valence-corrected chi connectivity index (χ0v) is 18.4. The monoisotopic (exact) mass is 458 g/mol. The molecule has 0 amide bonds. The molecule has 7 nitrogen and oxygen atoms in total. The number of fused-ring (bicyclic) bond motifs is 3. The number of rotatable bonds is 4. The summed E-state index contributed by atoms with van der Waals surface area (Å²) in [5.74, 6) is 2.14. The van der Waals surface area contributed by atoms with Gasteiger partial charge in [-0.2, -0.15) is 0 Å². The van der Waals surface area contributed by atoms with Crippen molar-refractivity contribution in [3.05, 3.63) is 87.3 Å². The van der Waals surface area contributed by atoms with E-state index >= 15 is 0 Å². The minimum atomic E-state index is -0.202. The quantitative estimate of drug-likeness (QED) is 0.389. The van der Waals surface area contributed by atoms with Crippen LogP contribution in [0, 0.1) is 6.92 Å². The predicted octanol–water partition coefficient (Wildman–Crippen LogP) is 5.15. The second kappa shape index (κ2) is 7.56. The molecule has 2 aromatic carbocycles. The highest BCUT2D eigenvalue weighted by Gasteiger charge is 2.19. The van der Waals surface area contributed by atoms with Crippen molar-refractivity contribution in [3.63, 3.8) is 0 Å². The Morgan fingerprint density at radius 3 is 2.88 bits per heavy atom. The minimum absolute atomic E-state index is 0.202. The summed E-state index contributed by atoms with van der Waals surface area (Å²) >= 11 is 6.28. The molecule has 5 aromatic rings. The van der Waals surface area contributed by atoms with Crippen molar-refractivity contribution in [1.29, 1.82) is 0 Å². The number of aromatic amines is 1. The Kier molecular flexibility index (Phi) is 4.52. The van der Waals surface area contributed by atoms with E-state index in [0.29, 0.717) is 34.3 Å². The van der Waals surface area contributed by atoms with Gasteiger partial charge < -0.3 is 19.8 Å². The fourth-order valence-corrected chi connectivity index (χ4v) is 4.27. The van der Waals surface area contributed by atoms with Crippen LogP contribution in [0.15, 0.2) is 65.6 Å². The van der Waals surface area contributed by atoms with Crippen molar-refractivity contribution in [1.82, 2.24) is 14.4 Å². The zero-order chi connectivity index (χ0) is 22.5. The van der Waals surface area contributed by atoms with Crippen molar-refractivity contribution < 1.29 is 9.47 Å². The van der Waals surface area contributed by atoms with Crippen molar-refractivity contribution in [2.24, 2.45) is 0 Å². The molecule has 1 aliphatic rings. The molecule has 2 N–H and O–H groups in total. The van der Waals surface area contributed by atoms with Gasteiger partial charge in [0.25, 0.3) is 5.56 Å². The predicted molar refractivity (Wildman–Crippen MR) is 128 cm³/mol. The summed E-state index contributed by atoms with van der Waals surface area (Å²) in [5, 5.41) is 4.96. The van der Waals surface area contributed by atoms with Gasteiger partial charge in [-0.05, 0) is 60.3 Å². The standard InChI is InChI=1S/C25H19ClN4O3/c1-14-2-5-19-16(8-14)10-18(25(31)28-19)23-24(30-12-17(26)4-7-22(30)29-23)27-11-15-3-6-20-21(9-15)33-13-32-20/h2-10,12,27H,11,13H2,1H3,(H,28,31). The molecule has 0 atom stereocenters. The maximum absolute atomic E-state index is 13.0. The molecular weight excluding hydrogens is 440 g/mol. The minimum Gasteiger partial charge on any atom is -0.454 e. The number of anilines is 1. The Balaban J connectivity index is 1.47. The molecule has 8 heteroatoms. The van der Waals surface area contributed by atoms with Crippen LogP contribution in [0.1, 0.15) is 11.1 Å². The van der Waals surface area contributed by atoms with Crippen LogP contribution < -0.4 is 20.3 Å². The van der Waals surface area contributed by atoms with Gasteiger partial charge in [0, 0.05) is 18.3 Å². The molecule has 0 spiro atoms. The highest BCUT2D eigenvalue weighted by molar-refractivity contribution is 6.30. The number of imidazole rings is 1. The average molecular weight is 459 g/mol. The van der Waals surface area contributed by atoms with Crippen LogP contribution in [0.3, 0.4) is 0 Å². The zero-order valence-electron chi connectivity index (χ0n) is 17.7. The summed E-state index contributed by atoms with van der Waals surface area (Å²) < 4.78 is 12.8. The van der Waals surface area contributed by atoms with Gasteiger partial charge in [-0.15, -0.1) is 0 Å². The van der Waals surface area contributed by atoms with E-state index in [1.54, 1.807) is 12.3 Å². The van der Waals surface area contributed by atoms with E-state index in [-0.39, 0.29) is 12.4 Å². The first-order chi connectivity index (χ1) is 16.0. The number of hydrogen-bond donors (Lipinski definition) is 2. The van der Waals surface area contributed by atoms with E-state index in [2.05, 4.69) is 10.3 Å². The average Bonchev–Trinajstić information content (AvgIpc) is 3.41. The number of aromatic nitrogens is 3. The number of nitrogens with zero attached hydrogens (tertiary/aromatic N) is 2. The molecule has 0 unspecified atom stereocenters. The Morgan fingerprint density at radius 2 is 1.97 bits per heavy atom. The van der Waals surface area contributed by atoms with E-state index in [1.807, 2.05) is 59.9 Å². The Morgan fingerprint density at radius 1 is 1.09 bits per heavy atom. The van der Waals surface area contributed by atoms with Crippen molar-refractivity contribution in [2.45, 2.75) is 13.5 Å². The Labute approximate surface area is 193 Å². The number of benzene rings is 2. The maximum atomic E-state index is 13.0. The summed E-state index contributed by atoms with van der Waals surface area (Å²) in [6.45, 7) is 2.75. The molecule has 0 fully saturated rings. The smallest absolute Gasteiger partial charge is 0.258 e. The van der Waals surface area contributed by atoms with Crippen LogP contribution in [-0.2, 0) is 6.54 Å². The number of hydrogen-bond acceptors (Lipinski definition) is 5. The summed E-state index contributed by atoms with van der Waals surface area (Å²) in [5.41, 5.74) is 4.44. The summed E-state index contributed by atoms with van der Waals surface area (Å²) in [7, 11) is 0. The summed E-state index contributed by atoms with van der Waals surface area (Å²) in [4.78, 5) is 20.8. The van der Waals surface area contributed by atoms with E-state index in [9.17, 15) is 4.79 Å². The number of nitrogens with one attached hydrogen (secondary N) is 2. The van der Waals surface area contributed by atoms with Crippen LogP contribution in [-0.4, -0.2) is 21.2 Å². The largest absolute Gasteiger partial charge is 0.454 e. The topological polar surface area (TPSA) is 80.7 Å². The van der Waals surface area contributed by atoms with Gasteiger partial charge in [-0.25, -0.2) is 4.98 Å². The maximum Gasteiger partial charge on any atom is 0.258 e. The van der Waals surface area contributed by atoms with Crippen molar-refractivity contribution in [2.75, 3.05) is 12.1 Å². The molecule has 0 saturated heterocycles. The second-order valence-corrected chi connectivity index (χ2v) is 8.46. The molecule has 0 radical (unpaired) electrons. The van der Waals surface area contributed by atoms with Gasteiger partial charge in [-0.1, -0.05) is 29.3 Å². The third kappa shape index (κ3) is 3.47. The number of H-pyrrole nitrogens is 1. The fourth-order valence-electron chi connectivity index (χ4n) is 4.11. The lowest BCUT2D eigenvalue weighted by atomic mass is 10.1. The van der Waals surface area contributed by atoms with Gasteiger partial charge in [0.15, 0.2) is 11.5 Å². The third-order valence-corrected chi connectivity index (χ3v) is 5.96. The molecule has 33 heavy (non-hydrogen) atoms. The van der Waals surface area contributed by atoms with Gasteiger partial charge in [0.2, 0.25) is 6.79 Å². The summed E-state index contributed by atoms with van der Waals surface area (Å²) in [6, 6.07) is 17.2. The second-order valence-electron chi connectivity index (χ2n) is 8.03. The van der Waals surface area contributed by atoms with E-state index in [4.69, 9.17) is 26.1 Å². The summed E-state index contributed by atoms with van der Waals surface area (Å²) in [6.07, 6.45) is 1.79. The number of ether oxygens (including phenoxy) is 2. The van der Waals surface area contributed by atoms with Crippen LogP contribution in [0.25, 0.3) is 27.8 Å². The Bertz CT molecular complexity index is 1610. The van der Waals surface area contributed by atoms with Crippen LogP contribution >= 0.6 is 11.6 Å². The first-order valence-electron chi connectivity index (χ1n) is 10.5. The van der Waals surface area contributed by atoms with Crippen molar-refractivity contribution in [3.8, 4) is 22.8 Å². The first-order valence-corrected chi connectivity index (χ1v) is 10.9. The molecular formula is C25H19ClN4O3. The number of aryl methyl sites for hydroxylation is 1. The molecule has 1 aliphatic heterocycles. The molecule has 0 saturated carbocycles. The van der Waals surface area contributed by atoms with Crippen LogP contribution in [0.4, 0.5) is 5.82 Å². The lowest BCUT2D eigenvalue weighted by molar-refractivity contribution is 0.174. The van der Waals surface area contributed by atoms with E-state index in [1.165, 1.54) is 0 Å². The van der Waals surface area contributed by atoms with Gasteiger partial charge in [-0.3, -0.25) is 9.20 Å². The highest BCUT2D eigenvalue weighted by atomic mass is 35.5. The van der Waals surface area contributed by atoms with Gasteiger partial charge in [0.05, 0.1) is 10.6 Å². The van der Waals surface area contributed by atoms with Crippen LogP contribution in [0.2, 0.25) is 5.02 Å². The molecule has 6 rings (SSSR count). The van der Waals surface area contributed by atoms with E-state index < -0.39 is 0 Å². The lowest BCUT2D eigenvalue weighted by Gasteiger charge is -2.10. The lowest BCUT2D eigenvalue weighted by Crippen LogP contribution is -2.11. The number of pyridine rings is 2. The van der Waals surface area contributed by atoms with Gasteiger partial charge >= 0.3 is 0 Å².